The first-order chi connectivity index (χ1) is 15.3. The third kappa shape index (κ3) is 4.02. The minimum absolute atomic E-state index is 0.273. The monoisotopic (exact) mass is 410 g/mol. The van der Waals surface area contributed by atoms with Crippen molar-refractivity contribution in [3.05, 3.63) is 84.9 Å². The van der Waals surface area contributed by atoms with Gasteiger partial charge in [0.2, 0.25) is 5.95 Å². The molecule has 0 spiro atoms. The number of aromatic nitrogens is 3. The number of nitrogens with one attached hydrogen (secondary N) is 1. The Bertz CT molecular complexity index is 1180. The summed E-state index contributed by atoms with van der Waals surface area (Å²) < 4.78 is 0. The minimum Gasteiger partial charge on any atom is -0.368 e. The highest BCUT2D eigenvalue weighted by atomic mass is 16.1. The van der Waals surface area contributed by atoms with Crippen LogP contribution >= 0.6 is 0 Å². The normalized spacial score (nSPS) is 13.9. The molecule has 2 aromatic carbocycles. The van der Waals surface area contributed by atoms with Crippen LogP contribution in [0.1, 0.15) is 10.5 Å². The molecule has 0 aliphatic carbocycles. The highest BCUT2D eigenvalue weighted by Gasteiger charge is 2.19. The van der Waals surface area contributed by atoms with E-state index in [2.05, 4.69) is 54.3 Å². The molecule has 3 heterocycles. The van der Waals surface area contributed by atoms with Crippen LogP contribution in [0.3, 0.4) is 0 Å². The molecule has 1 N–H and O–H groups in total. The Balaban J connectivity index is 1.24. The zero-order valence-electron chi connectivity index (χ0n) is 17.0. The Labute approximate surface area is 180 Å². The molecule has 1 aliphatic heterocycles. The number of pyridine rings is 1. The maximum absolute atomic E-state index is 12.7. The lowest BCUT2D eigenvalue weighted by molar-refractivity contribution is 0.102. The molecule has 0 radical (unpaired) electrons. The summed E-state index contributed by atoms with van der Waals surface area (Å²) in [5.74, 6) is 0.402. The molecule has 7 nitrogen and oxygen atoms in total. The average molecular weight is 410 g/mol. The number of carbonyl (C=O) groups excluding carboxylic acids is 1. The fraction of sp³-hybridized carbons (Fsp3) is 0.167. The van der Waals surface area contributed by atoms with Crippen LogP contribution in [0.25, 0.3) is 10.8 Å². The molecule has 4 aromatic rings. The third-order valence-corrected chi connectivity index (χ3v) is 5.47. The van der Waals surface area contributed by atoms with Crippen molar-refractivity contribution in [2.24, 2.45) is 0 Å². The van der Waals surface area contributed by atoms with Gasteiger partial charge in [-0.3, -0.25) is 9.78 Å². The van der Waals surface area contributed by atoms with E-state index in [1.165, 1.54) is 5.69 Å². The number of hydrogen-bond acceptors (Lipinski definition) is 6. The largest absolute Gasteiger partial charge is 0.368 e. The van der Waals surface area contributed by atoms with Crippen molar-refractivity contribution in [1.29, 1.82) is 0 Å². The zero-order chi connectivity index (χ0) is 21.0. The summed E-state index contributed by atoms with van der Waals surface area (Å²) in [4.78, 5) is 30.5. The predicted molar refractivity (Wildman–Crippen MR) is 123 cm³/mol. The topological polar surface area (TPSA) is 74.2 Å². The number of fused-ring (bicyclic) bond motifs is 1. The SMILES string of the molecule is O=C(Nc1cnc(N2CCN(c3ccccc3)CC2)nc1)c1nccc2ccccc12. The Kier molecular flexibility index (Phi) is 5.14. The van der Waals surface area contributed by atoms with Gasteiger partial charge in [-0.1, -0.05) is 42.5 Å². The maximum Gasteiger partial charge on any atom is 0.274 e. The third-order valence-electron chi connectivity index (χ3n) is 5.47. The second-order valence-corrected chi connectivity index (χ2v) is 7.42. The summed E-state index contributed by atoms with van der Waals surface area (Å²) in [5.41, 5.74) is 2.17. The molecule has 0 bridgehead atoms. The summed E-state index contributed by atoms with van der Waals surface area (Å²) in [6.45, 7) is 3.53. The molecule has 5 rings (SSSR count). The molecular weight excluding hydrogens is 388 g/mol. The second kappa shape index (κ2) is 8.39. The summed E-state index contributed by atoms with van der Waals surface area (Å²) >= 11 is 0. The van der Waals surface area contributed by atoms with Crippen LogP contribution in [0, 0.1) is 0 Å². The van der Waals surface area contributed by atoms with Crippen molar-refractivity contribution in [2.45, 2.75) is 0 Å². The molecular formula is C24H22N6O. The highest BCUT2D eigenvalue weighted by molar-refractivity contribution is 6.11. The van der Waals surface area contributed by atoms with Gasteiger partial charge in [-0.25, -0.2) is 9.97 Å². The summed E-state index contributed by atoms with van der Waals surface area (Å²) in [5, 5.41) is 4.65. The van der Waals surface area contributed by atoms with Gasteiger partial charge in [-0.05, 0) is 23.6 Å². The van der Waals surface area contributed by atoms with Gasteiger partial charge < -0.3 is 15.1 Å². The van der Waals surface area contributed by atoms with Gasteiger partial charge in [0.1, 0.15) is 5.69 Å². The first-order valence-electron chi connectivity index (χ1n) is 10.3. The lowest BCUT2D eigenvalue weighted by atomic mass is 10.1. The highest BCUT2D eigenvalue weighted by Crippen LogP contribution is 2.20. The van der Waals surface area contributed by atoms with E-state index in [0.717, 1.165) is 37.0 Å². The lowest BCUT2D eigenvalue weighted by Gasteiger charge is -2.36. The molecule has 0 atom stereocenters. The number of amides is 1. The molecule has 7 heteroatoms. The van der Waals surface area contributed by atoms with Crippen LogP contribution in [-0.4, -0.2) is 47.0 Å². The summed E-state index contributed by atoms with van der Waals surface area (Å²) in [6.07, 6.45) is 4.94. The number of hydrogen-bond donors (Lipinski definition) is 1. The molecule has 0 unspecified atom stereocenters. The predicted octanol–water partition coefficient (Wildman–Crippen LogP) is 3.60. The first kappa shape index (κ1) is 19.0. The van der Waals surface area contributed by atoms with Crippen molar-refractivity contribution in [3.8, 4) is 0 Å². The van der Waals surface area contributed by atoms with Crippen LogP contribution in [-0.2, 0) is 0 Å². The second-order valence-electron chi connectivity index (χ2n) is 7.42. The van der Waals surface area contributed by atoms with Crippen LogP contribution in [0.5, 0.6) is 0 Å². The number of rotatable bonds is 4. The Morgan fingerprint density at radius 2 is 1.45 bits per heavy atom. The Morgan fingerprint density at radius 3 is 2.23 bits per heavy atom. The number of nitrogens with zero attached hydrogens (tertiary/aromatic N) is 5. The molecule has 1 saturated heterocycles. The lowest BCUT2D eigenvalue weighted by Crippen LogP contribution is -2.47. The Morgan fingerprint density at radius 1 is 0.774 bits per heavy atom. The smallest absolute Gasteiger partial charge is 0.274 e. The quantitative estimate of drug-likeness (QED) is 0.554. The number of carbonyl (C=O) groups is 1. The van der Waals surface area contributed by atoms with E-state index in [-0.39, 0.29) is 5.91 Å². The fourth-order valence-corrected chi connectivity index (χ4v) is 3.84. The van der Waals surface area contributed by atoms with Crippen molar-refractivity contribution in [3.63, 3.8) is 0 Å². The van der Waals surface area contributed by atoms with Crippen LogP contribution in [0.4, 0.5) is 17.3 Å². The molecule has 1 amide bonds. The van der Waals surface area contributed by atoms with Gasteiger partial charge in [0.25, 0.3) is 5.91 Å². The van der Waals surface area contributed by atoms with Crippen LogP contribution < -0.4 is 15.1 Å². The van der Waals surface area contributed by atoms with E-state index in [1.54, 1.807) is 18.6 Å². The summed E-state index contributed by atoms with van der Waals surface area (Å²) in [6, 6.07) is 20.0. The molecule has 1 aliphatic rings. The van der Waals surface area contributed by atoms with Gasteiger partial charge >= 0.3 is 0 Å². The standard InChI is InChI=1S/C24H22N6O/c31-23(22-21-9-5-4-6-18(21)10-11-25-22)28-19-16-26-24(27-17-19)30-14-12-29(13-15-30)20-7-2-1-3-8-20/h1-11,16-17H,12-15H2,(H,28,31). The van der Waals surface area contributed by atoms with Gasteiger partial charge in [0.05, 0.1) is 18.1 Å². The molecule has 1 fully saturated rings. The van der Waals surface area contributed by atoms with Crippen LogP contribution in [0.15, 0.2) is 79.3 Å². The van der Waals surface area contributed by atoms with E-state index in [4.69, 9.17) is 0 Å². The number of para-hydroxylation sites is 1. The van der Waals surface area contributed by atoms with E-state index < -0.39 is 0 Å². The van der Waals surface area contributed by atoms with E-state index in [9.17, 15) is 4.79 Å². The zero-order valence-corrected chi connectivity index (χ0v) is 17.0. The average Bonchev–Trinajstić information content (AvgIpc) is 2.85. The van der Waals surface area contributed by atoms with E-state index in [1.807, 2.05) is 36.4 Å². The van der Waals surface area contributed by atoms with Crippen LogP contribution in [0.2, 0.25) is 0 Å². The number of benzene rings is 2. The molecule has 2 aromatic heterocycles. The van der Waals surface area contributed by atoms with E-state index >= 15 is 0 Å². The van der Waals surface area contributed by atoms with Crippen molar-refractivity contribution in [1.82, 2.24) is 15.0 Å². The number of anilines is 3. The number of piperazine rings is 1. The molecule has 154 valence electrons. The Hall–Kier alpha value is -4.00. The molecule has 0 saturated carbocycles. The minimum atomic E-state index is -0.273. The van der Waals surface area contributed by atoms with Crippen molar-refractivity contribution >= 4 is 34.0 Å². The van der Waals surface area contributed by atoms with Crippen molar-refractivity contribution < 1.29 is 4.79 Å². The molecule has 31 heavy (non-hydrogen) atoms. The summed E-state index contributed by atoms with van der Waals surface area (Å²) in [7, 11) is 0. The maximum atomic E-state index is 12.7. The first-order valence-corrected chi connectivity index (χ1v) is 10.3. The van der Waals surface area contributed by atoms with Gasteiger partial charge in [0.15, 0.2) is 0 Å². The van der Waals surface area contributed by atoms with Gasteiger partial charge in [-0.15, -0.1) is 0 Å². The van der Waals surface area contributed by atoms with Gasteiger partial charge in [0, 0.05) is 43.4 Å². The van der Waals surface area contributed by atoms with Gasteiger partial charge in [-0.2, -0.15) is 0 Å². The van der Waals surface area contributed by atoms with E-state index in [0.29, 0.717) is 17.3 Å². The fourth-order valence-electron chi connectivity index (χ4n) is 3.84. The van der Waals surface area contributed by atoms with Crippen molar-refractivity contribution in [2.75, 3.05) is 41.3 Å².